The molecule has 70 valence electrons. The quantitative estimate of drug-likeness (QED) is 0.556. The van der Waals surface area contributed by atoms with E-state index in [0.717, 1.165) is 11.8 Å². The maximum atomic E-state index is 6.12. The fourth-order valence-corrected chi connectivity index (χ4v) is 3.24. The molecule has 2 aliphatic carbocycles. The molecule has 0 aromatic heterocycles. The summed E-state index contributed by atoms with van der Waals surface area (Å²) in [6, 6.07) is 0.316. The van der Waals surface area contributed by atoms with Crippen molar-refractivity contribution < 1.29 is 0 Å². The Labute approximate surface area is 80.5 Å². The number of rotatable bonds is 0. The van der Waals surface area contributed by atoms with E-state index in [1.54, 1.807) is 0 Å². The van der Waals surface area contributed by atoms with Crippen LogP contribution in [0.25, 0.3) is 0 Å². The average molecular weight is 185 g/mol. The highest BCUT2D eigenvalue weighted by molar-refractivity contribution is 7.81. The summed E-state index contributed by atoms with van der Waals surface area (Å²) in [5.41, 5.74) is 6.12. The van der Waals surface area contributed by atoms with Gasteiger partial charge in [0.2, 0.25) is 0 Å². The summed E-state index contributed by atoms with van der Waals surface area (Å²) < 4.78 is 0.102. The number of hydrogen-bond donors (Lipinski definition) is 2. The third-order valence-electron chi connectivity index (χ3n) is 4.00. The van der Waals surface area contributed by atoms with Crippen LogP contribution in [0.2, 0.25) is 0 Å². The fourth-order valence-electron chi connectivity index (χ4n) is 2.88. The van der Waals surface area contributed by atoms with E-state index in [-0.39, 0.29) is 4.75 Å². The third-order valence-corrected chi connectivity index (χ3v) is 4.70. The van der Waals surface area contributed by atoms with Gasteiger partial charge in [-0.1, -0.05) is 6.42 Å². The second-order valence-electron chi connectivity index (χ2n) is 4.79. The van der Waals surface area contributed by atoms with Crippen molar-refractivity contribution in [1.82, 2.24) is 0 Å². The van der Waals surface area contributed by atoms with Crippen LogP contribution in [0.15, 0.2) is 0 Å². The van der Waals surface area contributed by atoms with E-state index in [2.05, 4.69) is 6.92 Å². The topological polar surface area (TPSA) is 26.0 Å². The van der Waals surface area contributed by atoms with Crippen molar-refractivity contribution in [2.75, 3.05) is 0 Å². The molecule has 0 heterocycles. The Hall–Kier alpha value is 0.310. The monoisotopic (exact) mass is 185 g/mol. The van der Waals surface area contributed by atoms with Gasteiger partial charge in [-0.15, -0.1) is 0 Å². The number of thiol groups is 1. The lowest BCUT2D eigenvalue weighted by Gasteiger charge is -2.35. The fraction of sp³-hybridized carbons (Fsp3) is 1.00. The molecule has 12 heavy (non-hydrogen) atoms. The normalized spacial score (nSPS) is 53.8. The van der Waals surface area contributed by atoms with E-state index < -0.39 is 0 Å². The molecule has 4 unspecified atom stereocenters. The van der Waals surface area contributed by atoms with Crippen LogP contribution in [0.4, 0.5) is 0 Å². The van der Waals surface area contributed by atoms with Crippen molar-refractivity contribution in [2.24, 2.45) is 17.6 Å². The van der Waals surface area contributed by atoms with Gasteiger partial charge in [-0.3, -0.25) is 0 Å². The van der Waals surface area contributed by atoms with Crippen molar-refractivity contribution in [1.29, 1.82) is 0 Å². The molecule has 2 heteroatoms. The van der Waals surface area contributed by atoms with Gasteiger partial charge in [0.1, 0.15) is 0 Å². The molecule has 2 bridgehead atoms. The Morgan fingerprint density at radius 3 is 2.67 bits per heavy atom. The average Bonchev–Trinajstić information content (AvgIpc) is 2.44. The summed E-state index contributed by atoms with van der Waals surface area (Å²) in [5, 5.41) is 0. The second kappa shape index (κ2) is 2.91. The van der Waals surface area contributed by atoms with Gasteiger partial charge in [0.15, 0.2) is 0 Å². The van der Waals surface area contributed by atoms with Crippen LogP contribution >= 0.6 is 12.6 Å². The molecular weight excluding hydrogens is 166 g/mol. The molecule has 0 aromatic rings. The van der Waals surface area contributed by atoms with Gasteiger partial charge in [0, 0.05) is 10.8 Å². The summed E-state index contributed by atoms with van der Waals surface area (Å²) in [4.78, 5) is 0. The molecule has 0 saturated heterocycles. The Morgan fingerprint density at radius 1 is 1.25 bits per heavy atom. The molecule has 2 saturated carbocycles. The predicted octanol–water partition coefficient (Wildman–Crippen LogP) is 2.21. The first-order valence-corrected chi connectivity index (χ1v) is 5.53. The lowest BCUT2D eigenvalue weighted by atomic mass is 9.85. The van der Waals surface area contributed by atoms with Crippen molar-refractivity contribution in [3.63, 3.8) is 0 Å². The summed E-state index contributed by atoms with van der Waals surface area (Å²) in [6.45, 7) is 2.24. The zero-order chi connectivity index (χ0) is 8.77. The van der Waals surface area contributed by atoms with Gasteiger partial charge in [0.25, 0.3) is 0 Å². The van der Waals surface area contributed by atoms with Crippen LogP contribution in [0.3, 0.4) is 0 Å². The van der Waals surface area contributed by atoms with Gasteiger partial charge >= 0.3 is 0 Å². The van der Waals surface area contributed by atoms with E-state index in [1.165, 1.54) is 32.1 Å². The van der Waals surface area contributed by atoms with Crippen molar-refractivity contribution in [3.05, 3.63) is 0 Å². The smallest absolute Gasteiger partial charge is 0.0280 e. The molecule has 0 radical (unpaired) electrons. The van der Waals surface area contributed by atoms with Crippen molar-refractivity contribution in [3.8, 4) is 0 Å². The van der Waals surface area contributed by atoms with Gasteiger partial charge in [-0.25, -0.2) is 0 Å². The van der Waals surface area contributed by atoms with E-state index in [1.807, 2.05) is 0 Å². The molecule has 0 spiro atoms. The zero-order valence-electron chi connectivity index (χ0n) is 7.79. The Kier molecular flexibility index (Phi) is 2.16. The van der Waals surface area contributed by atoms with Gasteiger partial charge in [0.05, 0.1) is 0 Å². The molecule has 0 aromatic carbocycles. The van der Waals surface area contributed by atoms with Crippen LogP contribution in [0, 0.1) is 11.8 Å². The number of nitrogens with two attached hydrogens (primary N) is 1. The molecule has 2 rings (SSSR count). The van der Waals surface area contributed by atoms with E-state index in [9.17, 15) is 0 Å². The summed E-state index contributed by atoms with van der Waals surface area (Å²) >= 11 is 4.76. The van der Waals surface area contributed by atoms with Crippen LogP contribution in [0.5, 0.6) is 0 Å². The Bertz CT molecular complexity index is 179. The van der Waals surface area contributed by atoms with E-state index in [4.69, 9.17) is 18.4 Å². The van der Waals surface area contributed by atoms with E-state index in [0.29, 0.717) is 6.04 Å². The first kappa shape index (κ1) is 8.89. The highest BCUT2D eigenvalue weighted by Gasteiger charge is 2.43. The summed E-state index contributed by atoms with van der Waals surface area (Å²) in [5.74, 6) is 1.75. The molecule has 0 amide bonds. The highest BCUT2D eigenvalue weighted by Crippen LogP contribution is 2.47. The van der Waals surface area contributed by atoms with E-state index >= 15 is 0 Å². The highest BCUT2D eigenvalue weighted by atomic mass is 32.1. The van der Waals surface area contributed by atoms with Crippen LogP contribution < -0.4 is 5.73 Å². The number of hydrogen-bond acceptors (Lipinski definition) is 2. The SMILES string of the molecule is CC1(S)C(N)CCC2CCC1C2. The largest absolute Gasteiger partial charge is 0.326 e. The molecule has 1 nitrogen and oxygen atoms in total. The minimum atomic E-state index is 0.102. The summed E-state index contributed by atoms with van der Waals surface area (Å²) in [6.07, 6.45) is 6.69. The maximum absolute atomic E-state index is 6.12. The van der Waals surface area contributed by atoms with Crippen molar-refractivity contribution in [2.45, 2.75) is 49.8 Å². The van der Waals surface area contributed by atoms with Crippen LogP contribution in [-0.4, -0.2) is 10.8 Å². The maximum Gasteiger partial charge on any atom is 0.0280 e. The minimum absolute atomic E-state index is 0.102. The van der Waals surface area contributed by atoms with Crippen molar-refractivity contribution >= 4 is 12.6 Å². The predicted molar refractivity (Wildman–Crippen MR) is 55.4 cm³/mol. The second-order valence-corrected chi connectivity index (χ2v) is 5.75. The van der Waals surface area contributed by atoms with Crippen LogP contribution in [0.1, 0.15) is 39.0 Å². The molecule has 2 aliphatic rings. The van der Waals surface area contributed by atoms with Crippen LogP contribution in [-0.2, 0) is 0 Å². The van der Waals surface area contributed by atoms with Gasteiger partial charge in [-0.05, 0) is 44.4 Å². The van der Waals surface area contributed by atoms with Gasteiger partial charge in [-0.2, -0.15) is 12.6 Å². The minimum Gasteiger partial charge on any atom is -0.326 e. The molecular formula is C10H19NS. The Morgan fingerprint density at radius 2 is 1.92 bits per heavy atom. The standard InChI is InChI=1S/C10H19NS/c1-10(12)8-4-2-7(6-8)3-5-9(10)11/h7-9,12H,2-6,11H2,1H3. The Balaban J connectivity index is 2.19. The molecule has 0 aliphatic heterocycles. The lowest BCUT2D eigenvalue weighted by molar-refractivity contribution is 0.354. The lowest BCUT2D eigenvalue weighted by Crippen LogP contribution is -2.45. The molecule has 2 N–H and O–H groups in total. The molecule has 2 fully saturated rings. The first-order chi connectivity index (χ1) is 5.60. The third kappa shape index (κ3) is 1.29. The number of fused-ring (bicyclic) bond motifs is 2. The first-order valence-electron chi connectivity index (χ1n) is 5.08. The zero-order valence-corrected chi connectivity index (χ0v) is 8.69. The molecule has 4 atom stereocenters. The van der Waals surface area contributed by atoms with Gasteiger partial charge < -0.3 is 5.73 Å². The summed E-state index contributed by atoms with van der Waals surface area (Å²) in [7, 11) is 0.